The van der Waals surface area contributed by atoms with Crippen LogP contribution in [0.1, 0.15) is 19.3 Å². The van der Waals surface area contributed by atoms with Crippen molar-refractivity contribution in [2.45, 2.75) is 25.6 Å². The van der Waals surface area contributed by atoms with Crippen LogP contribution in [0.25, 0.3) is 10.9 Å². The molecule has 1 unspecified atom stereocenters. The summed E-state index contributed by atoms with van der Waals surface area (Å²) in [6, 6.07) is 10.0. The molecule has 0 N–H and O–H groups in total. The Morgan fingerprint density at radius 2 is 2.18 bits per heavy atom. The summed E-state index contributed by atoms with van der Waals surface area (Å²) in [6.07, 6.45) is 4.93. The Morgan fingerprint density at radius 3 is 3.06 bits per heavy atom. The predicted molar refractivity (Wildman–Crippen MR) is 66.0 cm³/mol. The molecule has 3 rings (SSSR count). The van der Waals surface area contributed by atoms with Crippen LogP contribution < -0.4 is 4.74 Å². The molecule has 17 heavy (non-hydrogen) atoms. The van der Waals surface area contributed by atoms with E-state index in [0.29, 0.717) is 0 Å². The minimum atomic E-state index is -0.105. The van der Waals surface area contributed by atoms with Crippen molar-refractivity contribution in [3.05, 3.63) is 36.5 Å². The quantitative estimate of drug-likeness (QED) is 0.792. The SMILES string of the molecule is c1ccc2ncc(OC3CCCCO3)cc2c1. The highest BCUT2D eigenvalue weighted by molar-refractivity contribution is 5.79. The Kier molecular flexibility index (Phi) is 2.92. The molecule has 3 nitrogen and oxygen atoms in total. The van der Waals surface area contributed by atoms with Gasteiger partial charge in [0, 0.05) is 11.8 Å². The fraction of sp³-hybridized carbons (Fsp3) is 0.357. The molecule has 1 atom stereocenters. The molecule has 0 bridgehead atoms. The van der Waals surface area contributed by atoms with Crippen molar-refractivity contribution < 1.29 is 9.47 Å². The number of benzene rings is 1. The zero-order valence-corrected chi connectivity index (χ0v) is 9.63. The molecule has 0 amide bonds. The Balaban J connectivity index is 1.80. The second kappa shape index (κ2) is 4.72. The lowest BCUT2D eigenvalue weighted by molar-refractivity contribution is -0.105. The number of fused-ring (bicyclic) bond motifs is 1. The smallest absolute Gasteiger partial charge is 0.199 e. The molecular weight excluding hydrogens is 214 g/mol. The summed E-state index contributed by atoms with van der Waals surface area (Å²) in [5, 5.41) is 1.10. The maximum Gasteiger partial charge on any atom is 0.199 e. The molecular formula is C14H15NO2. The minimum Gasteiger partial charge on any atom is -0.463 e. The third-order valence-corrected chi connectivity index (χ3v) is 2.97. The molecule has 1 fully saturated rings. The molecule has 0 aliphatic carbocycles. The molecule has 0 spiro atoms. The van der Waals surface area contributed by atoms with E-state index in [1.807, 2.05) is 30.3 Å². The molecule has 0 saturated carbocycles. The zero-order valence-electron chi connectivity index (χ0n) is 9.63. The van der Waals surface area contributed by atoms with Gasteiger partial charge in [-0.3, -0.25) is 4.98 Å². The monoisotopic (exact) mass is 229 g/mol. The first-order valence-corrected chi connectivity index (χ1v) is 6.05. The summed E-state index contributed by atoms with van der Waals surface area (Å²) in [6.45, 7) is 0.797. The van der Waals surface area contributed by atoms with Gasteiger partial charge in [0.2, 0.25) is 0 Å². The summed E-state index contributed by atoms with van der Waals surface area (Å²) >= 11 is 0. The van der Waals surface area contributed by atoms with E-state index in [4.69, 9.17) is 9.47 Å². The number of aromatic nitrogens is 1. The number of nitrogens with zero attached hydrogens (tertiary/aromatic N) is 1. The van der Waals surface area contributed by atoms with Crippen molar-refractivity contribution in [3.63, 3.8) is 0 Å². The third kappa shape index (κ3) is 2.39. The molecule has 3 heteroatoms. The van der Waals surface area contributed by atoms with Gasteiger partial charge in [-0.25, -0.2) is 0 Å². The number of para-hydroxylation sites is 1. The number of pyridine rings is 1. The van der Waals surface area contributed by atoms with Crippen LogP contribution in [-0.4, -0.2) is 17.9 Å². The standard InChI is InChI=1S/C14H15NO2/c1-2-6-13-11(5-1)9-12(10-15-13)17-14-7-3-4-8-16-14/h1-2,5-6,9-10,14H,3-4,7-8H2. The van der Waals surface area contributed by atoms with Crippen LogP contribution in [0.5, 0.6) is 5.75 Å². The maximum atomic E-state index is 5.78. The Bertz CT molecular complexity index is 506. The average molecular weight is 229 g/mol. The first-order chi connectivity index (χ1) is 8.42. The van der Waals surface area contributed by atoms with Gasteiger partial charge in [0.1, 0.15) is 5.75 Å². The molecule has 1 aromatic heterocycles. The van der Waals surface area contributed by atoms with E-state index in [2.05, 4.69) is 4.98 Å². The topological polar surface area (TPSA) is 31.4 Å². The van der Waals surface area contributed by atoms with Crippen molar-refractivity contribution in [1.82, 2.24) is 4.98 Å². The van der Waals surface area contributed by atoms with Gasteiger partial charge in [-0.05, 0) is 25.0 Å². The molecule has 2 aromatic rings. The van der Waals surface area contributed by atoms with E-state index in [1.165, 1.54) is 6.42 Å². The summed E-state index contributed by atoms with van der Waals surface area (Å²) in [4.78, 5) is 4.37. The van der Waals surface area contributed by atoms with E-state index in [1.54, 1.807) is 6.20 Å². The second-order valence-corrected chi connectivity index (χ2v) is 4.28. The van der Waals surface area contributed by atoms with E-state index in [0.717, 1.165) is 36.1 Å². The number of rotatable bonds is 2. The van der Waals surface area contributed by atoms with E-state index in [9.17, 15) is 0 Å². The highest BCUT2D eigenvalue weighted by atomic mass is 16.7. The van der Waals surface area contributed by atoms with Gasteiger partial charge < -0.3 is 9.47 Å². The first-order valence-electron chi connectivity index (χ1n) is 6.05. The van der Waals surface area contributed by atoms with Crippen LogP contribution in [0.4, 0.5) is 0 Å². The van der Waals surface area contributed by atoms with Crippen LogP contribution in [0.3, 0.4) is 0 Å². The summed E-state index contributed by atoms with van der Waals surface area (Å²) in [5.41, 5.74) is 0.990. The van der Waals surface area contributed by atoms with Crippen molar-refractivity contribution in [1.29, 1.82) is 0 Å². The van der Waals surface area contributed by atoms with Gasteiger partial charge in [0.25, 0.3) is 0 Å². The lowest BCUT2D eigenvalue weighted by Gasteiger charge is -2.23. The Labute approximate surface area is 100 Å². The number of hydrogen-bond donors (Lipinski definition) is 0. The molecule has 88 valence electrons. The highest BCUT2D eigenvalue weighted by Gasteiger charge is 2.15. The second-order valence-electron chi connectivity index (χ2n) is 4.28. The summed E-state index contributed by atoms with van der Waals surface area (Å²) < 4.78 is 11.3. The Morgan fingerprint density at radius 1 is 1.24 bits per heavy atom. The first kappa shape index (κ1) is 10.5. The van der Waals surface area contributed by atoms with Crippen LogP contribution in [-0.2, 0) is 4.74 Å². The molecule has 1 aliphatic heterocycles. The fourth-order valence-corrected chi connectivity index (χ4v) is 2.07. The average Bonchev–Trinajstić information content (AvgIpc) is 2.40. The van der Waals surface area contributed by atoms with Crippen LogP contribution in [0.15, 0.2) is 36.5 Å². The zero-order chi connectivity index (χ0) is 11.5. The van der Waals surface area contributed by atoms with E-state index < -0.39 is 0 Å². The van der Waals surface area contributed by atoms with Gasteiger partial charge >= 0.3 is 0 Å². The van der Waals surface area contributed by atoms with Gasteiger partial charge in [-0.1, -0.05) is 18.2 Å². The molecule has 1 saturated heterocycles. The lowest BCUT2D eigenvalue weighted by atomic mass is 10.2. The predicted octanol–water partition coefficient (Wildman–Crippen LogP) is 3.14. The van der Waals surface area contributed by atoms with Crippen molar-refractivity contribution >= 4 is 10.9 Å². The largest absolute Gasteiger partial charge is 0.463 e. The summed E-state index contributed by atoms with van der Waals surface area (Å²) in [5.74, 6) is 0.788. The van der Waals surface area contributed by atoms with E-state index >= 15 is 0 Å². The van der Waals surface area contributed by atoms with Gasteiger partial charge in [0.15, 0.2) is 6.29 Å². The normalized spacial score (nSPS) is 20.4. The lowest BCUT2D eigenvalue weighted by Crippen LogP contribution is -2.24. The van der Waals surface area contributed by atoms with Gasteiger partial charge in [-0.15, -0.1) is 0 Å². The third-order valence-electron chi connectivity index (χ3n) is 2.97. The fourth-order valence-electron chi connectivity index (χ4n) is 2.07. The van der Waals surface area contributed by atoms with Gasteiger partial charge in [-0.2, -0.15) is 0 Å². The van der Waals surface area contributed by atoms with Crippen LogP contribution in [0.2, 0.25) is 0 Å². The maximum absolute atomic E-state index is 5.78. The summed E-state index contributed by atoms with van der Waals surface area (Å²) in [7, 11) is 0. The minimum absolute atomic E-state index is 0.105. The van der Waals surface area contributed by atoms with Crippen LogP contribution in [0, 0.1) is 0 Å². The van der Waals surface area contributed by atoms with Crippen molar-refractivity contribution in [2.24, 2.45) is 0 Å². The number of ether oxygens (including phenoxy) is 2. The van der Waals surface area contributed by atoms with Gasteiger partial charge in [0.05, 0.1) is 18.3 Å². The van der Waals surface area contributed by atoms with Crippen molar-refractivity contribution in [2.75, 3.05) is 6.61 Å². The molecule has 0 radical (unpaired) electrons. The Hall–Kier alpha value is -1.61. The highest BCUT2D eigenvalue weighted by Crippen LogP contribution is 2.22. The van der Waals surface area contributed by atoms with E-state index in [-0.39, 0.29) is 6.29 Å². The van der Waals surface area contributed by atoms with Crippen LogP contribution >= 0.6 is 0 Å². The molecule has 1 aromatic carbocycles. The molecule has 2 heterocycles. The van der Waals surface area contributed by atoms with Crippen molar-refractivity contribution in [3.8, 4) is 5.75 Å². The molecule has 1 aliphatic rings. The number of hydrogen-bond acceptors (Lipinski definition) is 3.